The normalized spacial score (nSPS) is 21.4. The van der Waals surface area contributed by atoms with Crippen LogP contribution in [0.5, 0.6) is 0 Å². The summed E-state index contributed by atoms with van der Waals surface area (Å²) in [5.41, 5.74) is 2.66. The Hall–Kier alpha value is -0.860. The highest BCUT2D eigenvalue weighted by Crippen LogP contribution is 2.33. The number of aryl methyl sites for hydroxylation is 1. The minimum absolute atomic E-state index is 0.209. The zero-order valence-corrected chi connectivity index (χ0v) is 7.20. The Morgan fingerprint density at radius 2 is 2.17 bits per heavy atom. The average molecular weight is 163 g/mol. The quantitative estimate of drug-likeness (QED) is 0.640. The van der Waals surface area contributed by atoms with Gasteiger partial charge in [0.1, 0.15) is 0 Å². The van der Waals surface area contributed by atoms with Gasteiger partial charge in [-0.2, -0.15) is 5.06 Å². The summed E-state index contributed by atoms with van der Waals surface area (Å²) in [4.78, 5) is 0. The van der Waals surface area contributed by atoms with Crippen LogP contribution in [0.25, 0.3) is 0 Å². The van der Waals surface area contributed by atoms with E-state index in [0.717, 1.165) is 12.8 Å². The summed E-state index contributed by atoms with van der Waals surface area (Å²) in [6, 6.07) is 8.53. The van der Waals surface area contributed by atoms with Gasteiger partial charge >= 0.3 is 0 Å². The first kappa shape index (κ1) is 7.77. The lowest BCUT2D eigenvalue weighted by Gasteiger charge is -2.17. The summed E-state index contributed by atoms with van der Waals surface area (Å²) in [5.74, 6) is 0. The van der Waals surface area contributed by atoms with Gasteiger partial charge in [0.2, 0.25) is 0 Å². The molecule has 1 aromatic carbocycles. The van der Waals surface area contributed by atoms with Gasteiger partial charge in [0.15, 0.2) is 0 Å². The van der Waals surface area contributed by atoms with Gasteiger partial charge in [-0.05, 0) is 24.0 Å². The van der Waals surface area contributed by atoms with Crippen molar-refractivity contribution in [3.63, 3.8) is 0 Å². The highest BCUT2D eigenvalue weighted by Gasteiger charge is 2.24. The lowest BCUT2D eigenvalue weighted by molar-refractivity contribution is -0.103. The lowest BCUT2D eigenvalue weighted by Crippen LogP contribution is -2.17. The van der Waals surface area contributed by atoms with Crippen molar-refractivity contribution in [2.45, 2.75) is 18.9 Å². The van der Waals surface area contributed by atoms with Gasteiger partial charge in [-0.1, -0.05) is 24.3 Å². The molecule has 1 atom stereocenters. The molecule has 0 heterocycles. The maximum absolute atomic E-state index is 9.33. The van der Waals surface area contributed by atoms with Crippen molar-refractivity contribution in [3.8, 4) is 0 Å². The molecule has 0 bridgehead atoms. The Balaban J connectivity index is 2.36. The summed E-state index contributed by atoms with van der Waals surface area (Å²) in [6.07, 6.45) is 2.12. The maximum atomic E-state index is 9.33. The molecule has 2 nitrogen and oxygen atoms in total. The van der Waals surface area contributed by atoms with Crippen LogP contribution in [0.15, 0.2) is 24.3 Å². The third-order valence-corrected chi connectivity index (χ3v) is 2.55. The van der Waals surface area contributed by atoms with Crippen LogP contribution < -0.4 is 0 Å². The van der Waals surface area contributed by atoms with Crippen molar-refractivity contribution in [2.75, 3.05) is 7.05 Å². The molecule has 0 amide bonds. The second-order valence-electron chi connectivity index (χ2n) is 3.33. The predicted octanol–water partition coefficient (Wildman–Crippen LogP) is 1.99. The fourth-order valence-corrected chi connectivity index (χ4v) is 1.92. The highest BCUT2D eigenvalue weighted by molar-refractivity contribution is 5.33. The van der Waals surface area contributed by atoms with Crippen LogP contribution in [0.4, 0.5) is 0 Å². The highest BCUT2D eigenvalue weighted by atomic mass is 16.5. The molecule has 0 saturated heterocycles. The standard InChI is InChI=1S/C10H13NO/c1-11(12)10-7-6-8-4-2-3-5-9(8)10/h2-5,10,12H,6-7H2,1H3/t10-/m0/s1. The topological polar surface area (TPSA) is 23.5 Å². The molecule has 0 fully saturated rings. The zero-order chi connectivity index (χ0) is 8.55. The van der Waals surface area contributed by atoms with Crippen molar-refractivity contribution < 1.29 is 5.21 Å². The van der Waals surface area contributed by atoms with E-state index in [2.05, 4.69) is 18.2 Å². The number of benzene rings is 1. The smallest absolute Gasteiger partial charge is 0.0602 e. The van der Waals surface area contributed by atoms with Gasteiger partial charge < -0.3 is 5.21 Å². The van der Waals surface area contributed by atoms with Gasteiger partial charge in [0.25, 0.3) is 0 Å². The molecular formula is C10H13NO. The fourth-order valence-electron chi connectivity index (χ4n) is 1.92. The SMILES string of the molecule is CN(O)[C@H]1CCc2ccccc21. The molecule has 0 spiro atoms. The van der Waals surface area contributed by atoms with E-state index in [1.54, 1.807) is 7.05 Å². The zero-order valence-electron chi connectivity index (χ0n) is 7.20. The largest absolute Gasteiger partial charge is 0.314 e. The molecule has 64 valence electrons. The molecule has 0 aromatic heterocycles. The van der Waals surface area contributed by atoms with Crippen molar-refractivity contribution in [1.82, 2.24) is 5.06 Å². The molecular weight excluding hydrogens is 150 g/mol. The maximum Gasteiger partial charge on any atom is 0.0602 e. The van der Waals surface area contributed by atoms with E-state index >= 15 is 0 Å². The monoisotopic (exact) mass is 163 g/mol. The Morgan fingerprint density at radius 3 is 2.92 bits per heavy atom. The van der Waals surface area contributed by atoms with E-state index in [1.165, 1.54) is 16.2 Å². The summed E-state index contributed by atoms with van der Waals surface area (Å²) in [7, 11) is 1.72. The van der Waals surface area contributed by atoms with Gasteiger partial charge in [-0.15, -0.1) is 0 Å². The number of fused-ring (bicyclic) bond motifs is 1. The van der Waals surface area contributed by atoms with Crippen LogP contribution in [0.2, 0.25) is 0 Å². The Bertz CT molecular complexity index is 283. The number of nitrogens with zero attached hydrogens (tertiary/aromatic N) is 1. The second-order valence-corrected chi connectivity index (χ2v) is 3.33. The van der Waals surface area contributed by atoms with E-state index < -0.39 is 0 Å². The Kier molecular flexibility index (Phi) is 1.87. The number of hydrogen-bond donors (Lipinski definition) is 1. The molecule has 1 aromatic rings. The predicted molar refractivity (Wildman–Crippen MR) is 47.1 cm³/mol. The third kappa shape index (κ3) is 1.13. The first-order valence-electron chi connectivity index (χ1n) is 4.28. The molecule has 0 radical (unpaired) electrons. The van der Waals surface area contributed by atoms with Crippen LogP contribution >= 0.6 is 0 Å². The van der Waals surface area contributed by atoms with Crippen LogP contribution in [0.1, 0.15) is 23.6 Å². The number of hydroxylamine groups is 2. The molecule has 2 heteroatoms. The molecule has 12 heavy (non-hydrogen) atoms. The van der Waals surface area contributed by atoms with Crippen molar-refractivity contribution in [2.24, 2.45) is 0 Å². The van der Waals surface area contributed by atoms with Gasteiger partial charge in [0, 0.05) is 7.05 Å². The molecule has 0 aliphatic heterocycles. The lowest BCUT2D eigenvalue weighted by atomic mass is 10.1. The molecule has 0 saturated carbocycles. The van der Waals surface area contributed by atoms with Crippen molar-refractivity contribution >= 4 is 0 Å². The molecule has 1 N–H and O–H groups in total. The van der Waals surface area contributed by atoms with E-state index in [9.17, 15) is 5.21 Å². The summed E-state index contributed by atoms with van der Waals surface area (Å²) < 4.78 is 0. The fraction of sp³-hybridized carbons (Fsp3) is 0.400. The molecule has 1 aliphatic rings. The van der Waals surface area contributed by atoms with Crippen LogP contribution in [0, 0.1) is 0 Å². The molecule has 2 rings (SSSR count). The second kappa shape index (κ2) is 2.88. The number of hydrogen-bond acceptors (Lipinski definition) is 2. The van der Waals surface area contributed by atoms with Gasteiger partial charge in [-0.3, -0.25) is 0 Å². The van der Waals surface area contributed by atoms with E-state index in [4.69, 9.17) is 0 Å². The van der Waals surface area contributed by atoms with Gasteiger partial charge in [0.05, 0.1) is 6.04 Å². The first-order valence-corrected chi connectivity index (χ1v) is 4.28. The van der Waals surface area contributed by atoms with E-state index in [-0.39, 0.29) is 6.04 Å². The average Bonchev–Trinajstić information content (AvgIpc) is 2.47. The number of rotatable bonds is 1. The van der Waals surface area contributed by atoms with E-state index in [1.807, 2.05) is 6.07 Å². The first-order chi connectivity index (χ1) is 5.79. The molecule has 0 unspecified atom stereocenters. The minimum atomic E-state index is 0.209. The van der Waals surface area contributed by atoms with Crippen molar-refractivity contribution in [1.29, 1.82) is 0 Å². The molecule has 1 aliphatic carbocycles. The van der Waals surface area contributed by atoms with Crippen LogP contribution in [0.3, 0.4) is 0 Å². The van der Waals surface area contributed by atoms with Crippen molar-refractivity contribution in [3.05, 3.63) is 35.4 Å². The minimum Gasteiger partial charge on any atom is -0.314 e. The summed E-state index contributed by atoms with van der Waals surface area (Å²) in [5, 5.41) is 10.6. The third-order valence-electron chi connectivity index (χ3n) is 2.55. The van der Waals surface area contributed by atoms with Crippen LogP contribution in [-0.2, 0) is 6.42 Å². The van der Waals surface area contributed by atoms with E-state index in [0.29, 0.717) is 0 Å². The summed E-state index contributed by atoms with van der Waals surface area (Å²) in [6.45, 7) is 0. The Morgan fingerprint density at radius 1 is 1.42 bits per heavy atom. The van der Waals surface area contributed by atoms with Gasteiger partial charge in [-0.25, -0.2) is 0 Å². The van der Waals surface area contributed by atoms with Crippen LogP contribution in [-0.4, -0.2) is 17.3 Å². The Labute approximate surface area is 72.4 Å². The summed E-state index contributed by atoms with van der Waals surface area (Å²) >= 11 is 0.